The molecular weight excluding hydrogens is 356 g/mol. The van der Waals surface area contributed by atoms with Gasteiger partial charge in [-0.25, -0.2) is 14.3 Å². The highest BCUT2D eigenvalue weighted by Crippen LogP contribution is 2.29. The molecule has 2 heterocycles. The van der Waals surface area contributed by atoms with Crippen molar-refractivity contribution in [2.75, 3.05) is 7.11 Å². The van der Waals surface area contributed by atoms with Crippen LogP contribution in [0.1, 0.15) is 16.8 Å². The Bertz CT molecular complexity index is 1310. The van der Waals surface area contributed by atoms with Gasteiger partial charge in [0.1, 0.15) is 11.0 Å². The third-order valence-corrected chi connectivity index (χ3v) is 4.62. The van der Waals surface area contributed by atoms with Crippen LogP contribution in [-0.4, -0.2) is 22.9 Å². The third-order valence-electron chi connectivity index (χ3n) is 4.62. The van der Waals surface area contributed by atoms with Crippen LogP contribution in [0.5, 0.6) is 0 Å². The van der Waals surface area contributed by atoms with E-state index in [0.29, 0.717) is 22.2 Å². The lowest BCUT2D eigenvalue weighted by atomic mass is 10.1. The zero-order valence-corrected chi connectivity index (χ0v) is 15.7. The Hall–Kier alpha value is -3.67. The second-order valence-electron chi connectivity index (χ2n) is 6.53. The van der Waals surface area contributed by atoms with Gasteiger partial charge in [-0.3, -0.25) is 0 Å². The third kappa shape index (κ3) is 2.89. The van der Waals surface area contributed by atoms with Gasteiger partial charge in [0.15, 0.2) is 0 Å². The van der Waals surface area contributed by atoms with E-state index in [1.165, 1.54) is 13.2 Å². The average Bonchev–Trinajstić information content (AvgIpc) is 3.04. The Labute approximate surface area is 160 Å². The monoisotopic (exact) mass is 374 g/mol. The second kappa shape index (κ2) is 6.81. The first-order valence-electron chi connectivity index (χ1n) is 8.78. The van der Waals surface area contributed by atoms with Crippen molar-refractivity contribution in [2.24, 2.45) is 0 Å². The van der Waals surface area contributed by atoms with Crippen LogP contribution in [0.25, 0.3) is 33.6 Å². The van der Waals surface area contributed by atoms with Crippen LogP contribution < -0.4 is 5.63 Å². The highest BCUT2D eigenvalue weighted by molar-refractivity contribution is 6.04. The fraction of sp³-hybridized carbons (Fsp3) is 0.136. The van der Waals surface area contributed by atoms with E-state index in [4.69, 9.17) is 9.15 Å². The van der Waals surface area contributed by atoms with E-state index in [2.05, 4.69) is 5.10 Å². The molecule has 0 saturated heterocycles. The summed E-state index contributed by atoms with van der Waals surface area (Å²) in [6.07, 6.45) is 3.05. The number of hydrogen-bond acceptors (Lipinski definition) is 5. The number of aryl methyl sites for hydroxylation is 2. The molecule has 2 aromatic carbocycles. The summed E-state index contributed by atoms with van der Waals surface area (Å²) in [4.78, 5) is 24.1. The molecule has 0 aliphatic heterocycles. The summed E-state index contributed by atoms with van der Waals surface area (Å²) in [7, 11) is 1.33. The molecule has 0 fully saturated rings. The SMILES string of the molecule is COC(=O)/C=C/c1cc(C)ccc1-n1nc(C)c2c(=O)oc3ccccc3c21. The molecular formula is C22H18N2O4. The predicted molar refractivity (Wildman–Crippen MR) is 108 cm³/mol. The Balaban J connectivity index is 2.07. The molecule has 6 nitrogen and oxygen atoms in total. The Morgan fingerprint density at radius 2 is 1.96 bits per heavy atom. The number of carbonyl (C=O) groups excluding carboxylic acids is 1. The molecule has 4 aromatic rings. The van der Waals surface area contributed by atoms with Gasteiger partial charge in [0.05, 0.1) is 24.0 Å². The van der Waals surface area contributed by atoms with Crippen molar-refractivity contribution in [1.29, 1.82) is 0 Å². The largest absolute Gasteiger partial charge is 0.466 e. The maximum absolute atomic E-state index is 12.6. The summed E-state index contributed by atoms with van der Waals surface area (Å²) in [5.41, 5.74) is 3.91. The van der Waals surface area contributed by atoms with Gasteiger partial charge < -0.3 is 9.15 Å². The molecule has 0 aliphatic carbocycles. The number of esters is 1. The molecule has 0 radical (unpaired) electrons. The minimum Gasteiger partial charge on any atom is -0.466 e. The van der Waals surface area contributed by atoms with Gasteiger partial charge in [0, 0.05) is 17.0 Å². The predicted octanol–water partition coefficient (Wildman–Crippen LogP) is 3.93. The maximum Gasteiger partial charge on any atom is 0.347 e. The van der Waals surface area contributed by atoms with Gasteiger partial charge in [0.2, 0.25) is 0 Å². The summed E-state index contributed by atoms with van der Waals surface area (Å²) >= 11 is 0. The molecule has 0 aliphatic rings. The number of methoxy groups -OCH3 is 1. The first-order chi connectivity index (χ1) is 13.5. The van der Waals surface area contributed by atoms with Gasteiger partial charge in [-0.05, 0) is 44.2 Å². The van der Waals surface area contributed by atoms with Crippen molar-refractivity contribution in [3.05, 3.63) is 75.8 Å². The molecule has 2 aromatic heterocycles. The van der Waals surface area contributed by atoms with Crippen LogP contribution in [-0.2, 0) is 9.53 Å². The molecule has 0 amide bonds. The molecule has 0 N–H and O–H groups in total. The van der Waals surface area contributed by atoms with E-state index in [0.717, 1.165) is 22.2 Å². The van der Waals surface area contributed by atoms with Crippen molar-refractivity contribution < 1.29 is 13.9 Å². The molecule has 0 atom stereocenters. The molecule has 28 heavy (non-hydrogen) atoms. The molecule has 0 spiro atoms. The highest BCUT2D eigenvalue weighted by Gasteiger charge is 2.18. The smallest absolute Gasteiger partial charge is 0.347 e. The number of fused-ring (bicyclic) bond motifs is 3. The zero-order valence-electron chi connectivity index (χ0n) is 15.7. The second-order valence-corrected chi connectivity index (χ2v) is 6.53. The van der Waals surface area contributed by atoms with E-state index in [9.17, 15) is 9.59 Å². The van der Waals surface area contributed by atoms with Gasteiger partial charge in [-0.15, -0.1) is 0 Å². The minimum absolute atomic E-state index is 0.420. The van der Waals surface area contributed by atoms with E-state index >= 15 is 0 Å². The van der Waals surface area contributed by atoms with Crippen molar-refractivity contribution in [1.82, 2.24) is 9.78 Å². The number of hydrogen-bond donors (Lipinski definition) is 0. The van der Waals surface area contributed by atoms with Gasteiger partial charge in [-0.2, -0.15) is 5.10 Å². The summed E-state index contributed by atoms with van der Waals surface area (Å²) in [5, 5.41) is 5.85. The van der Waals surface area contributed by atoms with Crippen molar-refractivity contribution in [2.45, 2.75) is 13.8 Å². The van der Waals surface area contributed by atoms with Gasteiger partial charge in [-0.1, -0.05) is 23.8 Å². The molecule has 0 unspecified atom stereocenters. The lowest BCUT2D eigenvalue weighted by Gasteiger charge is -2.10. The van der Waals surface area contributed by atoms with Crippen molar-refractivity contribution >= 4 is 33.9 Å². The van der Waals surface area contributed by atoms with Crippen molar-refractivity contribution in [3.8, 4) is 5.69 Å². The number of benzene rings is 2. The van der Waals surface area contributed by atoms with Gasteiger partial charge in [0.25, 0.3) is 0 Å². The van der Waals surface area contributed by atoms with Crippen molar-refractivity contribution in [3.63, 3.8) is 0 Å². The molecule has 140 valence electrons. The first-order valence-corrected chi connectivity index (χ1v) is 8.78. The van der Waals surface area contributed by atoms with E-state index in [1.807, 2.05) is 43.3 Å². The number of carbonyl (C=O) groups is 1. The normalized spacial score (nSPS) is 11.5. The summed E-state index contributed by atoms with van der Waals surface area (Å²) < 4.78 is 11.9. The Morgan fingerprint density at radius 1 is 1.18 bits per heavy atom. The topological polar surface area (TPSA) is 74.3 Å². The lowest BCUT2D eigenvalue weighted by molar-refractivity contribution is -0.134. The van der Waals surface area contributed by atoms with Crippen LogP contribution in [0.2, 0.25) is 0 Å². The summed E-state index contributed by atoms with van der Waals surface area (Å²) in [6.45, 7) is 3.75. The van der Waals surface area contributed by atoms with Crippen LogP contribution in [0.15, 0.2) is 57.8 Å². The summed E-state index contributed by atoms with van der Waals surface area (Å²) in [6, 6.07) is 13.2. The van der Waals surface area contributed by atoms with Crippen LogP contribution in [0.3, 0.4) is 0 Å². The van der Waals surface area contributed by atoms with Gasteiger partial charge >= 0.3 is 11.6 Å². The standard InChI is InChI=1S/C22H18N2O4/c1-13-8-10-17(15(12-13)9-11-19(25)27-3)24-21-16-6-4-5-7-18(16)28-22(26)20(21)14(2)23-24/h4-12H,1-3H3/b11-9+. The fourth-order valence-corrected chi connectivity index (χ4v) is 3.32. The Kier molecular flexibility index (Phi) is 4.31. The molecule has 6 heteroatoms. The molecule has 4 rings (SSSR count). The fourth-order valence-electron chi connectivity index (χ4n) is 3.32. The maximum atomic E-state index is 12.6. The van der Waals surface area contributed by atoms with Crippen LogP contribution >= 0.6 is 0 Å². The summed E-state index contributed by atoms with van der Waals surface area (Å²) in [5.74, 6) is -0.444. The van der Waals surface area contributed by atoms with Crippen LogP contribution in [0, 0.1) is 13.8 Å². The number of para-hydroxylation sites is 1. The molecule has 0 saturated carbocycles. The zero-order chi connectivity index (χ0) is 19.8. The quantitative estimate of drug-likeness (QED) is 0.309. The van der Waals surface area contributed by atoms with E-state index in [1.54, 1.807) is 23.7 Å². The van der Waals surface area contributed by atoms with E-state index < -0.39 is 11.6 Å². The number of nitrogens with zero attached hydrogens (tertiary/aromatic N) is 2. The Morgan fingerprint density at radius 3 is 2.75 bits per heavy atom. The first kappa shape index (κ1) is 17.7. The number of aromatic nitrogens is 2. The van der Waals surface area contributed by atoms with E-state index in [-0.39, 0.29) is 0 Å². The molecule has 0 bridgehead atoms. The highest BCUT2D eigenvalue weighted by atomic mass is 16.5. The lowest BCUT2D eigenvalue weighted by Crippen LogP contribution is -2.03. The number of rotatable bonds is 3. The average molecular weight is 374 g/mol. The van der Waals surface area contributed by atoms with Crippen LogP contribution in [0.4, 0.5) is 0 Å². The number of ether oxygens (including phenoxy) is 1. The minimum atomic E-state index is -0.444.